The highest BCUT2D eigenvalue weighted by Gasteiger charge is 2.66. The molecular formula is C6H4Cl2O. The Morgan fingerprint density at radius 3 is 1.78 bits per heavy atom. The Balaban J connectivity index is 2.40. The van der Waals surface area contributed by atoms with Gasteiger partial charge >= 0.3 is 0 Å². The smallest absolute Gasteiger partial charge is 0.210 e. The van der Waals surface area contributed by atoms with Crippen molar-refractivity contribution in [2.45, 2.75) is 10.1 Å². The maximum atomic E-state index is 5.80. The lowest BCUT2D eigenvalue weighted by Crippen LogP contribution is -2.10. The second-order valence-corrected chi connectivity index (χ2v) is 3.23. The van der Waals surface area contributed by atoms with Crippen molar-refractivity contribution >= 4 is 23.2 Å². The molecule has 48 valence electrons. The van der Waals surface area contributed by atoms with Gasteiger partial charge in [0.1, 0.15) is 0 Å². The molecule has 2 unspecified atom stereocenters. The van der Waals surface area contributed by atoms with E-state index in [1.807, 2.05) is 12.2 Å². The third-order valence-electron chi connectivity index (χ3n) is 1.45. The summed E-state index contributed by atoms with van der Waals surface area (Å²) in [5.41, 5.74) is 0. The summed E-state index contributed by atoms with van der Waals surface area (Å²) in [6.45, 7) is 0. The van der Waals surface area contributed by atoms with Crippen LogP contribution in [-0.2, 0) is 4.74 Å². The maximum absolute atomic E-state index is 5.80. The molecule has 2 rings (SSSR count). The van der Waals surface area contributed by atoms with Gasteiger partial charge < -0.3 is 4.74 Å². The summed E-state index contributed by atoms with van der Waals surface area (Å²) in [6, 6.07) is 0. The predicted octanol–water partition coefficient (Wildman–Crippen LogP) is 2.01. The van der Waals surface area contributed by atoms with Gasteiger partial charge in [0, 0.05) is 0 Å². The second kappa shape index (κ2) is 1.36. The lowest BCUT2D eigenvalue weighted by Gasteiger charge is -2.00. The first-order valence-corrected chi connectivity index (χ1v) is 3.37. The molecule has 0 radical (unpaired) electrons. The number of alkyl halides is 2. The first-order chi connectivity index (χ1) is 4.16. The van der Waals surface area contributed by atoms with Gasteiger partial charge in [0.15, 0.2) is 0 Å². The molecule has 1 heterocycles. The average molecular weight is 163 g/mol. The van der Waals surface area contributed by atoms with Gasteiger partial charge in [0.25, 0.3) is 0 Å². The van der Waals surface area contributed by atoms with Crippen LogP contribution in [0.25, 0.3) is 0 Å². The minimum atomic E-state index is -0.747. The summed E-state index contributed by atoms with van der Waals surface area (Å²) in [6.07, 6.45) is 7.12. The number of hydrogen-bond acceptors (Lipinski definition) is 1. The van der Waals surface area contributed by atoms with Crippen LogP contribution in [0.15, 0.2) is 24.3 Å². The third kappa shape index (κ3) is 0.599. The average Bonchev–Trinajstić information content (AvgIpc) is 2.33. The predicted molar refractivity (Wildman–Crippen MR) is 36.5 cm³/mol. The maximum Gasteiger partial charge on any atom is 0.210 e. The molecule has 0 amide bonds. The van der Waals surface area contributed by atoms with E-state index in [-0.39, 0.29) is 0 Å². The number of fused-ring (bicyclic) bond motifs is 1. The first kappa shape index (κ1) is 5.78. The van der Waals surface area contributed by atoms with Crippen molar-refractivity contribution in [1.82, 2.24) is 0 Å². The van der Waals surface area contributed by atoms with Crippen molar-refractivity contribution in [1.29, 1.82) is 0 Å². The molecule has 1 fully saturated rings. The molecule has 0 aromatic rings. The molecule has 1 aliphatic heterocycles. The van der Waals surface area contributed by atoms with E-state index in [4.69, 9.17) is 27.9 Å². The lowest BCUT2D eigenvalue weighted by atomic mass is 10.2. The van der Waals surface area contributed by atoms with E-state index in [0.717, 1.165) is 0 Å². The first-order valence-electron chi connectivity index (χ1n) is 2.61. The van der Waals surface area contributed by atoms with E-state index in [1.165, 1.54) is 0 Å². The quantitative estimate of drug-likeness (QED) is 0.393. The van der Waals surface area contributed by atoms with Crippen LogP contribution in [0.4, 0.5) is 0 Å². The molecule has 9 heavy (non-hydrogen) atoms. The summed E-state index contributed by atoms with van der Waals surface area (Å²) >= 11 is 11.6. The largest absolute Gasteiger partial charge is 0.321 e. The zero-order valence-corrected chi connectivity index (χ0v) is 5.99. The molecule has 1 saturated heterocycles. The summed E-state index contributed by atoms with van der Waals surface area (Å²) in [5.74, 6) is 0. The van der Waals surface area contributed by atoms with Crippen molar-refractivity contribution in [3.05, 3.63) is 24.3 Å². The van der Waals surface area contributed by atoms with Crippen LogP contribution in [0.3, 0.4) is 0 Å². The van der Waals surface area contributed by atoms with Gasteiger partial charge in [-0.1, -0.05) is 35.4 Å². The summed E-state index contributed by atoms with van der Waals surface area (Å²) in [5, 5.41) is -1.49. The zero-order chi connectivity index (χ0) is 6.54. The van der Waals surface area contributed by atoms with Gasteiger partial charge in [-0.25, -0.2) is 0 Å². The molecule has 1 aliphatic carbocycles. The number of allylic oxidation sites excluding steroid dienone is 2. The molecule has 1 nitrogen and oxygen atoms in total. The summed E-state index contributed by atoms with van der Waals surface area (Å²) < 4.78 is 5.01. The fourth-order valence-corrected chi connectivity index (χ4v) is 1.40. The van der Waals surface area contributed by atoms with Crippen molar-refractivity contribution in [2.24, 2.45) is 0 Å². The topological polar surface area (TPSA) is 12.5 Å². The number of halogens is 2. The van der Waals surface area contributed by atoms with E-state index in [1.54, 1.807) is 12.2 Å². The summed E-state index contributed by atoms with van der Waals surface area (Å²) in [7, 11) is 0. The third-order valence-corrected chi connectivity index (χ3v) is 2.52. The fourth-order valence-electron chi connectivity index (χ4n) is 0.845. The molecule has 0 N–H and O–H groups in total. The van der Waals surface area contributed by atoms with Crippen LogP contribution in [0.1, 0.15) is 0 Å². The number of ether oxygens (including phenoxy) is 1. The van der Waals surface area contributed by atoms with Gasteiger partial charge in [0.2, 0.25) is 10.1 Å². The summed E-state index contributed by atoms with van der Waals surface area (Å²) in [4.78, 5) is 0. The molecular weight excluding hydrogens is 159 g/mol. The van der Waals surface area contributed by atoms with E-state index in [0.29, 0.717) is 0 Å². The fraction of sp³-hybridized carbons (Fsp3) is 0.333. The van der Waals surface area contributed by atoms with E-state index >= 15 is 0 Å². The molecule has 2 aliphatic rings. The highest BCUT2D eigenvalue weighted by atomic mass is 35.5. The van der Waals surface area contributed by atoms with Gasteiger partial charge in [0.05, 0.1) is 0 Å². The Hall–Kier alpha value is 0.0200. The minimum Gasteiger partial charge on any atom is -0.321 e. The molecule has 3 heteroatoms. The number of epoxide rings is 1. The molecule has 0 saturated carbocycles. The SMILES string of the molecule is ClC12C=CC=CC1(Cl)O2. The van der Waals surface area contributed by atoms with Crippen molar-refractivity contribution in [2.75, 3.05) is 0 Å². The van der Waals surface area contributed by atoms with Gasteiger partial charge in [-0.15, -0.1) is 0 Å². The molecule has 0 aromatic heterocycles. The molecule has 2 atom stereocenters. The normalized spacial score (nSPS) is 53.1. The van der Waals surface area contributed by atoms with E-state index in [9.17, 15) is 0 Å². The molecule has 0 spiro atoms. The van der Waals surface area contributed by atoms with Crippen LogP contribution in [-0.4, -0.2) is 10.1 Å². The second-order valence-electron chi connectivity index (χ2n) is 2.11. The van der Waals surface area contributed by atoms with Gasteiger partial charge in [-0.3, -0.25) is 0 Å². The monoisotopic (exact) mass is 162 g/mol. The number of hydrogen-bond donors (Lipinski definition) is 0. The van der Waals surface area contributed by atoms with Crippen LogP contribution < -0.4 is 0 Å². The van der Waals surface area contributed by atoms with Crippen LogP contribution in [0.2, 0.25) is 0 Å². The zero-order valence-electron chi connectivity index (χ0n) is 4.47. The molecule has 0 aromatic carbocycles. The highest BCUT2D eigenvalue weighted by Crippen LogP contribution is 2.57. The minimum absolute atomic E-state index is 0.747. The Labute approximate surface area is 62.9 Å². The lowest BCUT2D eigenvalue weighted by molar-refractivity contribution is 0.380. The van der Waals surface area contributed by atoms with E-state index < -0.39 is 10.1 Å². The Morgan fingerprint density at radius 1 is 1.00 bits per heavy atom. The van der Waals surface area contributed by atoms with Gasteiger partial charge in [-0.2, -0.15) is 0 Å². The molecule has 0 bridgehead atoms. The van der Waals surface area contributed by atoms with Crippen LogP contribution in [0.5, 0.6) is 0 Å². The van der Waals surface area contributed by atoms with Gasteiger partial charge in [-0.05, 0) is 12.2 Å². The van der Waals surface area contributed by atoms with E-state index in [2.05, 4.69) is 0 Å². The van der Waals surface area contributed by atoms with Crippen molar-refractivity contribution in [3.63, 3.8) is 0 Å². The number of rotatable bonds is 0. The highest BCUT2D eigenvalue weighted by molar-refractivity contribution is 6.39. The van der Waals surface area contributed by atoms with Crippen LogP contribution >= 0.6 is 23.2 Å². The Morgan fingerprint density at radius 2 is 1.44 bits per heavy atom. The van der Waals surface area contributed by atoms with Crippen molar-refractivity contribution < 1.29 is 4.74 Å². The van der Waals surface area contributed by atoms with Crippen LogP contribution in [0, 0.1) is 0 Å². The van der Waals surface area contributed by atoms with Crippen molar-refractivity contribution in [3.8, 4) is 0 Å². The Kier molecular flexibility index (Phi) is 0.876. The Bertz CT molecular complexity index is 189. The standard InChI is InChI=1S/C6H4Cl2O/c7-5-3-1-2-4-6(5,8)9-5/h1-4H.